The Morgan fingerprint density at radius 1 is 0.694 bits per heavy atom. The molecule has 0 heterocycles. The third-order valence-corrected chi connectivity index (χ3v) is 7.28. The second-order valence-corrected chi connectivity index (χ2v) is 9.09. The molecular weight excluding hydrogens is 452 g/mol. The highest BCUT2D eigenvalue weighted by Gasteiger charge is 2.49. The number of rotatable bonds is 4. The van der Waals surface area contributed by atoms with Crippen molar-refractivity contribution in [1.82, 2.24) is 0 Å². The van der Waals surface area contributed by atoms with E-state index in [4.69, 9.17) is 9.47 Å². The molecule has 0 amide bonds. The van der Waals surface area contributed by atoms with Crippen molar-refractivity contribution in [3.63, 3.8) is 0 Å². The molecule has 0 saturated heterocycles. The lowest BCUT2D eigenvalue weighted by atomic mass is 9.61. The molecule has 178 valence electrons. The van der Waals surface area contributed by atoms with Gasteiger partial charge in [-0.3, -0.25) is 9.59 Å². The van der Waals surface area contributed by atoms with Crippen molar-refractivity contribution in [3.05, 3.63) is 118 Å². The van der Waals surface area contributed by atoms with Crippen molar-refractivity contribution >= 4 is 11.9 Å². The van der Waals surface area contributed by atoms with Crippen LogP contribution >= 0.6 is 0 Å². The summed E-state index contributed by atoms with van der Waals surface area (Å²) in [5, 5.41) is 0. The highest BCUT2D eigenvalue weighted by Crippen LogP contribution is 2.59. The Morgan fingerprint density at radius 3 is 1.83 bits per heavy atom. The van der Waals surface area contributed by atoms with Crippen LogP contribution in [0.4, 0.5) is 0 Å². The van der Waals surface area contributed by atoms with Crippen LogP contribution in [-0.2, 0) is 26.2 Å². The van der Waals surface area contributed by atoms with Gasteiger partial charge in [-0.05, 0) is 75.2 Å². The van der Waals surface area contributed by atoms with Gasteiger partial charge in [0.05, 0.1) is 19.6 Å². The van der Waals surface area contributed by atoms with Gasteiger partial charge in [-0.15, -0.1) is 0 Å². The Kier molecular flexibility index (Phi) is 5.15. The van der Waals surface area contributed by atoms with Gasteiger partial charge < -0.3 is 14.2 Å². The minimum Gasteiger partial charge on any atom is -0.497 e. The number of benzene rings is 4. The number of carbonyl (C=O) groups is 2. The molecule has 6 rings (SSSR count). The van der Waals surface area contributed by atoms with Crippen molar-refractivity contribution in [2.75, 3.05) is 14.2 Å². The Balaban J connectivity index is 1.58. The predicted molar refractivity (Wildman–Crippen MR) is 135 cm³/mol. The first-order valence-electron chi connectivity index (χ1n) is 11.8. The maximum absolute atomic E-state index is 12.3. The summed E-state index contributed by atoms with van der Waals surface area (Å²) in [4.78, 5) is 23.8. The third kappa shape index (κ3) is 3.16. The van der Waals surface area contributed by atoms with Gasteiger partial charge in [0.2, 0.25) is 0 Å². The highest BCUT2D eigenvalue weighted by atomic mass is 16.5. The number of esters is 2. The Bertz CT molecular complexity index is 1490. The van der Waals surface area contributed by atoms with Gasteiger partial charge in [0, 0.05) is 0 Å². The second-order valence-electron chi connectivity index (χ2n) is 9.09. The van der Waals surface area contributed by atoms with Gasteiger partial charge in [0.15, 0.2) is 0 Å². The van der Waals surface area contributed by atoms with Gasteiger partial charge in [0.1, 0.15) is 17.9 Å². The van der Waals surface area contributed by atoms with Crippen LogP contribution in [0.25, 0.3) is 11.1 Å². The molecule has 0 radical (unpaired) electrons. The monoisotopic (exact) mass is 476 g/mol. The Labute approximate surface area is 209 Å². The quantitative estimate of drug-likeness (QED) is 0.193. The van der Waals surface area contributed by atoms with E-state index in [0.29, 0.717) is 12.2 Å². The molecule has 1 spiro atoms. The number of ether oxygens (including phenoxy) is 3. The lowest BCUT2D eigenvalue weighted by Crippen LogP contribution is -2.34. The van der Waals surface area contributed by atoms with E-state index >= 15 is 0 Å². The zero-order chi connectivity index (χ0) is 24.9. The fraction of sp³-hybridized carbons (Fsp3) is 0.161. The second kappa shape index (κ2) is 8.38. The largest absolute Gasteiger partial charge is 0.497 e. The summed E-state index contributed by atoms with van der Waals surface area (Å²) in [6, 6.07) is 29.2. The average molecular weight is 477 g/mol. The Morgan fingerprint density at radius 2 is 1.25 bits per heavy atom. The van der Waals surface area contributed by atoms with E-state index in [1.54, 1.807) is 7.11 Å². The molecule has 36 heavy (non-hydrogen) atoms. The van der Waals surface area contributed by atoms with E-state index < -0.39 is 23.8 Å². The molecule has 5 nitrogen and oxygen atoms in total. The molecule has 4 aromatic carbocycles. The van der Waals surface area contributed by atoms with E-state index in [9.17, 15) is 9.59 Å². The number of hydrogen-bond donors (Lipinski definition) is 0. The standard InChI is InChI=1S/C31H24O5/c1-34-21-11-13-25-19(16-21)15-20-17-22(36-30(33)18-29(32)35-2)12-14-26(20)31(25)27-9-5-3-7-23(27)24-8-4-6-10-28(24)31/h3-14,16-17H,15,18H2,1-2H3. The summed E-state index contributed by atoms with van der Waals surface area (Å²) in [5.41, 5.74) is 9.00. The molecule has 0 bridgehead atoms. The summed E-state index contributed by atoms with van der Waals surface area (Å²) in [6.45, 7) is 0. The number of methoxy groups -OCH3 is 2. The lowest BCUT2D eigenvalue weighted by Gasteiger charge is -2.40. The van der Waals surface area contributed by atoms with Gasteiger partial charge in [-0.2, -0.15) is 0 Å². The SMILES string of the molecule is COC(=O)CC(=O)Oc1ccc2c(c1)Cc1cc(OC)ccc1C21c2ccccc2-c2ccccc21. The minimum absolute atomic E-state index is 0.406. The predicted octanol–water partition coefficient (Wildman–Crippen LogP) is 5.43. The Hall–Kier alpha value is -4.38. The van der Waals surface area contributed by atoms with E-state index in [2.05, 4.69) is 71.5 Å². The normalized spacial score (nSPS) is 13.7. The fourth-order valence-corrected chi connectivity index (χ4v) is 5.88. The van der Waals surface area contributed by atoms with E-state index in [1.807, 2.05) is 18.2 Å². The maximum atomic E-state index is 12.3. The molecular formula is C31H24O5. The van der Waals surface area contributed by atoms with Gasteiger partial charge in [-0.25, -0.2) is 0 Å². The molecule has 0 aromatic heterocycles. The summed E-state index contributed by atoms with van der Waals surface area (Å²) in [6.07, 6.45) is 0.231. The van der Waals surface area contributed by atoms with Crippen LogP contribution in [-0.4, -0.2) is 26.2 Å². The van der Waals surface area contributed by atoms with Crippen molar-refractivity contribution in [1.29, 1.82) is 0 Å². The van der Waals surface area contributed by atoms with Gasteiger partial charge in [-0.1, -0.05) is 60.7 Å². The molecule has 0 N–H and O–H groups in total. The lowest BCUT2D eigenvalue weighted by molar-refractivity contribution is -0.148. The molecule has 5 heteroatoms. The average Bonchev–Trinajstić information content (AvgIpc) is 3.19. The zero-order valence-electron chi connectivity index (χ0n) is 20.0. The maximum Gasteiger partial charge on any atom is 0.322 e. The van der Waals surface area contributed by atoms with Crippen molar-refractivity contribution in [3.8, 4) is 22.6 Å². The third-order valence-electron chi connectivity index (χ3n) is 7.28. The summed E-state index contributed by atoms with van der Waals surface area (Å²) >= 11 is 0. The molecule has 0 aliphatic heterocycles. The van der Waals surface area contributed by atoms with Crippen molar-refractivity contribution < 1.29 is 23.8 Å². The summed E-state index contributed by atoms with van der Waals surface area (Å²) in [7, 11) is 2.92. The van der Waals surface area contributed by atoms with Crippen molar-refractivity contribution in [2.24, 2.45) is 0 Å². The van der Waals surface area contributed by atoms with Crippen LogP contribution in [0.5, 0.6) is 11.5 Å². The van der Waals surface area contributed by atoms with Crippen LogP contribution in [0.1, 0.15) is 39.8 Å². The molecule has 4 aromatic rings. The van der Waals surface area contributed by atoms with Crippen molar-refractivity contribution in [2.45, 2.75) is 18.3 Å². The summed E-state index contributed by atoms with van der Waals surface area (Å²) in [5.74, 6) is -0.0700. The number of carbonyl (C=O) groups excluding carboxylic acids is 2. The fourth-order valence-electron chi connectivity index (χ4n) is 5.88. The summed E-state index contributed by atoms with van der Waals surface area (Å²) < 4.78 is 15.7. The van der Waals surface area contributed by atoms with Crippen LogP contribution in [0.3, 0.4) is 0 Å². The highest BCUT2D eigenvalue weighted by molar-refractivity contribution is 5.92. The minimum atomic E-state index is -0.647. The first kappa shape index (κ1) is 22.1. The van der Waals surface area contributed by atoms with Crippen LogP contribution in [0, 0.1) is 0 Å². The molecule has 0 atom stereocenters. The topological polar surface area (TPSA) is 61.8 Å². The van der Waals surface area contributed by atoms with Crippen LogP contribution in [0.2, 0.25) is 0 Å². The molecule has 2 aliphatic rings. The first-order chi connectivity index (χ1) is 17.6. The van der Waals surface area contributed by atoms with Crippen LogP contribution in [0.15, 0.2) is 84.9 Å². The first-order valence-corrected chi connectivity index (χ1v) is 11.8. The van der Waals surface area contributed by atoms with Gasteiger partial charge >= 0.3 is 11.9 Å². The molecule has 0 unspecified atom stereocenters. The molecule has 2 aliphatic carbocycles. The molecule has 0 saturated carbocycles. The number of fused-ring (bicyclic) bond motifs is 9. The van der Waals surface area contributed by atoms with Gasteiger partial charge in [0.25, 0.3) is 0 Å². The smallest absolute Gasteiger partial charge is 0.322 e. The molecule has 0 fully saturated rings. The van der Waals surface area contributed by atoms with E-state index in [0.717, 1.165) is 22.4 Å². The van der Waals surface area contributed by atoms with E-state index in [-0.39, 0.29) is 0 Å². The van der Waals surface area contributed by atoms with Crippen LogP contribution < -0.4 is 9.47 Å². The zero-order valence-corrected chi connectivity index (χ0v) is 20.0. The van der Waals surface area contributed by atoms with E-state index in [1.165, 1.54) is 34.9 Å². The number of hydrogen-bond acceptors (Lipinski definition) is 5.